The van der Waals surface area contributed by atoms with E-state index >= 15 is 0 Å². The fourth-order valence-electron chi connectivity index (χ4n) is 6.47. The van der Waals surface area contributed by atoms with Crippen molar-refractivity contribution in [1.82, 2.24) is 19.7 Å². The first-order valence-electron chi connectivity index (χ1n) is 13.8. The second-order valence-electron chi connectivity index (χ2n) is 11.0. The molecule has 4 aromatic rings. The van der Waals surface area contributed by atoms with Crippen molar-refractivity contribution < 1.29 is 18.8 Å². The summed E-state index contributed by atoms with van der Waals surface area (Å²) in [6.07, 6.45) is 2.95. The standard InChI is InChI=1S/C32H29Cl2FN4O3/c33-23-7-8-24-25(18-36-28(24)15-23)30-32(16-21-4-2-1-3-5-21,31(42)38-12-10-37(20-40)11-13-38)17-29(41)39(30)19-22-6-9-26(34)27(35)14-22/h1-9,14-15,18,20,30,36H,10-13,16-17,19H2/t30-,32+/m0/s1. The molecule has 2 fully saturated rings. The lowest BCUT2D eigenvalue weighted by molar-refractivity contribution is -0.147. The lowest BCUT2D eigenvalue weighted by Crippen LogP contribution is -2.54. The molecule has 216 valence electrons. The number of aromatic nitrogens is 1. The van der Waals surface area contributed by atoms with Crippen molar-refractivity contribution in [2.45, 2.75) is 25.4 Å². The molecule has 7 nitrogen and oxygen atoms in total. The molecule has 0 unspecified atom stereocenters. The number of hydrogen-bond donors (Lipinski definition) is 1. The summed E-state index contributed by atoms with van der Waals surface area (Å²) in [7, 11) is 0. The summed E-state index contributed by atoms with van der Waals surface area (Å²) in [5.41, 5.74) is 1.91. The number of halogens is 3. The van der Waals surface area contributed by atoms with Gasteiger partial charge in [-0.1, -0.05) is 65.7 Å². The molecule has 1 aromatic heterocycles. The fraction of sp³-hybridized carbons (Fsp3) is 0.281. The number of nitrogens with zero attached hydrogens (tertiary/aromatic N) is 3. The number of fused-ring (bicyclic) bond motifs is 1. The minimum Gasteiger partial charge on any atom is -0.361 e. The second-order valence-corrected chi connectivity index (χ2v) is 11.9. The summed E-state index contributed by atoms with van der Waals surface area (Å²) in [6.45, 7) is 1.70. The number of hydrogen-bond acceptors (Lipinski definition) is 3. The molecule has 3 amide bonds. The minimum absolute atomic E-state index is 0.000348. The minimum atomic E-state index is -1.17. The van der Waals surface area contributed by atoms with Crippen LogP contribution in [0.1, 0.15) is 29.2 Å². The number of likely N-dealkylation sites (tertiary alicyclic amines) is 1. The predicted molar refractivity (Wildman–Crippen MR) is 159 cm³/mol. The van der Waals surface area contributed by atoms with E-state index in [0.717, 1.165) is 28.4 Å². The van der Waals surface area contributed by atoms with Crippen molar-refractivity contribution in [1.29, 1.82) is 0 Å². The van der Waals surface area contributed by atoms with Gasteiger partial charge >= 0.3 is 0 Å². The maximum absolute atomic E-state index is 14.8. The van der Waals surface area contributed by atoms with E-state index in [1.807, 2.05) is 48.7 Å². The molecule has 0 aliphatic carbocycles. The first-order chi connectivity index (χ1) is 20.3. The highest BCUT2D eigenvalue weighted by atomic mass is 35.5. The number of piperazine rings is 1. The van der Waals surface area contributed by atoms with Crippen LogP contribution in [0, 0.1) is 11.2 Å². The normalized spacial score (nSPS) is 20.9. The van der Waals surface area contributed by atoms with Crippen LogP contribution in [0.25, 0.3) is 10.9 Å². The predicted octanol–water partition coefficient (Wildman–Crippen LogP) is 5.62. The fourth-order valence-corrected chi connectivity index (χ4v) is 6.76. The number of carbonyl (C=O) groups excluding carboxylic acids is 3. The van der Waals surface area contributed by atoms with Crippen molar-refractivity contribution in [3.8, 4) is 0 Å². The van der Waals surface area contributed by atoms with Gasteiger partial charge in [0.1, 0.15) is 5.82 Å². The van der Waals surface area contributed by atoms with Gasteiger partial charge in [-0.15, -0.1) is 0 Å². The van der Waals surface area contributed by atoms with Crippen LogP contribution in [0.2, 0.25) is 10.0 Å². The van der Waals surface area contributed by atoms with E-state index in [9.17, 15) is 18.8 Å². The van der Waals surface area contributed by atoms with Crippen molar-refractivity contribution in [3.63, 3.8) is 0 Å². The van der Waals surface area contributed by atoms with Crippen molar-refractivity contribution in [2.75, 3.05) is 26.2 Å². The Hall–Kier alpha value is -3.88. The quantitative estimate of drug-likeness (QED) is 0.278. The summed E-state index contributed by atoms with van der Waals surface area (Å²) >= 11 is 12.2. The Bertz CT molecular complexity index is 1650. The van der Waals surface area contributed by atoms with Gasteiger partial charge in [-0.05, 0) is 41.8 Å². The van der Waals surface area contributed by atoms with Gasteiger partial charge in [0, 0.05) is 66.8 Å². The van der Waals surface area contributed by atoms with Crippen LogP contribution in [-0.4, -0.2) is 64.1 Å². The van der Waals surface area contributed by atoms with Crippen molar-refractivity contribution >= 4 is 52.3 Å². The molecular formula is C32H29Cl2FN4O3. The van der Waals surface area contributed by atoms with Crippen molar-refractivity contribution in [3.05, 3.63) is 105 Å². The van der Waals surface area contributed by atoms with E-state index in [2.05, 4.69) is 4.98 Å². The third-order valence-electron chi connectivity index (χ3n) is 8.47. The van der Waals surface area contributed by atoms with E-state index in [4.69, 9.17) is 23.2 Å². The van der Waals surface area contributed by atoms with Crippen LogP contribution >= 0.6 is 23.2 Å². The van der Waals surface area contributed by atoms with E-state index in [-0.39, 0.29) is 29.8 Å². The average Bonchev–Trinajstić information content (AvgIpc) is 3.52. The summed E-state index contributed by atoms with van der Waals surface area (Å²) in [6, 6.07) is 19.0. The number of nitrogens with one attached hydrogen (secondary N) is 1. The number of aromatic amines is 1. The molecule has 10 heteroatoms. The number of rotatable bonds is 7. The SMILES string of the molecule is O=CN1CCN(C(=O)[C@]2(Cc3ccccc3)CC(=O)N(Cc3ccc(Cl)c(F)c3)[C@H]2c2c[nH]c3cc(Cl)ccc23)CC1. The molecular weight excluding hydrogens is 578 g/mol. The van der Waals surface area contributed by atoms with E-state index < -0.39 is 17.3 Å². The molecule has 0 bridgehead atoms. The number of benzene rings is 3. The lowest BCUT2D eigenvalue weighted by atomic mass is 9.71. The molecule has 1 N–H and O–H groups in total. The maximum atomic E-state index is 14.8. The van der Waals surface area contributed by atoms with Gasteiger partial charge in [-0.3, -0.25) is 14.4 Å². The first-order valence-corrected chi connectivity index (χ1v) is 14.6. The largest absolute Gasteiger partial charge is 0.361 e. The molecule has 3 heterocycles. The second kappa shape index (κ2) is 11.4. The molecule has 0 radical (unpaired) electrons. The Kier molecular flexibility index (Phi) is 7.68. The number of carbonyl (C=O) groups is 3. The highest BCUT2D eigenvalue weighted by molar-refractivity contribution is 6.31. The summed E-state index contributed by atoms with van der Waals surface area (Å²) in [5, 5.41) is 1.41. The van der Waals surface area contributed by atoms with Gasteiger partial charge in [0.2, 0.25) is 18.2 Å². The highest BCUT2D eigenvalue weighted by Crippen LogP contribution is 2.53. The number of H-pyrrole nitrogens is 1. The molecule has 42 heavy (non-hydrogen) atoms. The van der Waals surface area contributed by atoms with Gasteiger partial charge in [-0.25, -0.2) is 4.39 Å². The Balaban J connectivity index is 1.51. The van der Waals surface area contributed by atoms with Crippen LogP contribution in [0.5, 0.6) is 0 Å². The van der Waals surface area contributed by atoms with Gasteiger partial charge < -0.3 is 19.7 Å². The van der Waals surface area contributed by atoms with Crippen LogP contribution in [0.4, 0.5) is 4.39 Å². The van der Waals surface area contributed by atoms with Crippen molar-refractivity contribution in [2.24, 2.45) is 5.41 Å². The van der Waals surface area contributed by atoms with Gasteiger partial charge in [0.15, 0.2) is 0 Å². The number of amides is 3. The molecule has 6 rings (SSSR count). The Morgan fingerprint density at radius 2 is 1.76 bits per heavy atom. The van der Waals surface area contributed by atoms with Crippen LogP contribution in [0.3, 0.4) is 0 Å². The van der Waals surface area contributed by atoms with Crippen LogP contribution in [0.15, 0.2) is 72.9 Å². The Morgan fingerprint density at radius 3 is 2.48 bits per heavy atom. The summed E-state index contributed by atoms with van der Waals surface area (Å²) in [5.74, 6) is -0.906. The molecule has 2 aliphatic heterocycles. The zero-order valence-electron chi connectivity index (χ0n) is 22.7. The molecule has 0 saturated carbocycles. The Labute approximate surface area is 252 Å². The molecule has 2 aliphatic rings. The zero-order chi connectivity index (χ0) is 29.4. The van der Waals surface area contributed by atoms with E-state index in [0.29, 0.717) is 43.2 Å². The molecule has 3 aromatic carbocycles. The zero-order valence-corrected chi connectivity index (χ0v) is 24.2. The third kappa shape index (κ3) is 5.14. The molecule has 0 spiro atoms. The summed E-state index contributed by atoms with van der Waals surface area (Å²) in [4.78, 5) is 48.6. The first kappa shape index (κ1) is 28.2. The lowest BCUT2D eigenvalue weighted by Gasteiger charge is -2.42. The molecule has 2 saturated heterocycles. The highest BCUT2D eigenvalue weighted by Gasteiger charge is 2.58. The van der Waals surface area contributed by atoms with Gasteiger partial charge in [0.25, 0.3) is 0 Å². The van der Waals surface area contributed by atoms with Crippen LogP contribution < -0.4 is 0 Å². The molecule has 2 atom stereocenters. The monoisotopic (exact) mass is 606 g/mol. The summed E-state index contributed by atoms with van der Waals surface area (Å²) < 4.78 is 14.5. The van der Waals surface area contributed by atoms with E-state index in [1.54, 1.807) is 26.8 Å². The van der Waals surface area contributed by atoms with Crippen LogP contribution in [-0.2, 0) is 27.3 Å². The maximum Gasteiger partial charge on any atom is 0.232 e. The third-order valence-corrected chi connectivity index (χ3v) is 9.01. The smallest absolute Gasteiger partial charge is 0.232 e. The topological polar surface area (TPSA) is 76.7 Å². The van der Waals surface area contributed by atoms with E-state index in [1.165, 1.54) is 12.1 Å². The van der Waals surface area contributed by atoms with Gasteiger partial charge in [-0.2, -0.15) is 0 Å². The Morgan fingerprint density at radius 1 is 1.00 bits per heavy atom. The van der Waals surface area contributed by atoms with Gasteiger partial charge in [0.05, 0.1) is 16.5 Å². The average molecular weight is 608 g/mol.